The van der Waals surface area contributed by atoms with Crippen molar-refractivity contribution in [2.75, 3.05) is 11.9 Å². The third-order valence-corrected chi connectivity index (χ3v) is 6.52. The van der Waals surface area contributed by atoms with Gasteiger partial charge in [0, 0.05) is 11.6 Å². The number of amides is 1. The lowest BCUT2D eigenvalue weighted by molar-refractivity contribution is -0.120. The van der Waals surface area contributed by atoms with E-state index < -0.39 is 33.6 Å². The van der Waals surface area contributed by atoms with Gasteiger partial charge in [-0.15, -0.1) is 0 Å². The number of anilines is 1. The standard InChI is InChI=1S/C18H17ClF2N2O3S/c19-12-4-9-16(15(21)11-12)22-18(24)17-3-1-2-10-23(17)27(25,26)14-7-5-13(20)6-8-14/h4-9,11,17H,1-3,10H2,(H,22,24)/t17-/m1/s1. The molecule has 0 bridgehead atoms. The Hall–Kier alpha value is -2.03. The molecule has 1 atom stereocenters. The summed E-state index contributed by atoms with van der Waals surface area (Å²) < 4.78 is 54.0. The Morgan fingerprint density at radius 3 is 2.48 bits per heavy atom. The second-order valence-electron chi connectivity index (χ2n) is 6.19. The number of carbonyl (C=O) groups is 1. The van der Waals surface area contributed by atoms with Gasteiger partial charge in [0.2, 0.25) is 15.9 Å². The summed E-state index contributed by atoms with van der Waals surface area (Å²) in [5.41, 5.74) is -0.0749. The summed E-state index contributed by atoms with van der Waals surface area (Å²) in [6.07, 6.45) is 1.57. The number of sulfonamides is 1. The molecule has 1 fully saturated rings. The summed E-state index contributed by atoms with van der Waals surface area (Å²) in [6.45, 7) is 0.154. The van der Waals surface area contributed by atoms with E-state index in [4.69, 9.17) is 11.6 Å². The molecule has 1 saturated heterocycles. The summed E-state index contributed by atoms with van der Waals surface area (Å²) in [7, 11) is -3.99. The average Bonchev–Trinajstić information content (AvgIpc) is 2.64. The topological polar surface area (TPSA) is 66.5 Å². The van der Waals surface area contributed by atoms with E-state index >= 15 is 0 Å². The van der Waals surface area contributed by atoms with E-state index in [1.54, 1.807) is 0 Å². The predicted molar refractivity (Wildman–Crippen MR) is 98.0 cm³/mol. The largest absolute Gasteiger partial charge is 0.322 e. The van der Waals surface area contributed by atoms with Crippen LogP contribution in [0.4, 0.5) is 14.5 Å². The Morgan fingerprint density at radius 1 is 1.11 bits per heavy atom. The molecule has 0 unspecified atom stereocenters. The Balaban J connectivity index is 1.86. The van der Waals surface area contributed by atoms with Crippen molar-refractivity contribution >= 4 is 33.2 Å². The molecule has 0 saturated carbocycles. The molecule has 0 aromatic heterocycles. The molecular formula is C18H17ClF2N2O3S. The number of halogens is 3. The van der Waals surface area contributed by atoms with E-state index in [9.17, 15) is 22.0 Å². The zero-order chi connectivity index (χ0) is 19.6. The number of hydrogen-bond donors (Lipinski definition) is 1. The molecular weight excluding hydrogens is 398 g/mol. The molecule has 2 aromatic rings. The molecule has 0 spiro atoms. The number of piperidine rings is 1. The van der Waals surface area contributed by atoms with Crippen molar-refractivity contribution in [3.8, 4) is 0 Å². The van der Waals surface area contributed by atoms with E-state index in [0.29, 0.717) is 19.3 Å². The smallest absolute Gasteiger partial charge is 0.243 e. The van der Waals surface area contributed by atoms with Crippen LogP contribution in [0.1, 0.15) is 19.3 Å². The van der Waals surface area contributed by atoms with Gasteiger partial charge in [0.25, 0.3) is 0 Å². The Bertz CT molecular complexity index is 952. The molecule has 1 amide bonds. The van der Waals surface area contributed by atoms with Gasteiger partial charge in [0.05, 0.1) is 10.6 Å². The molecule has 1 aliphatic rings. The lowest BCUT2D eigenvalue weighted by Gasteiger charge is -2.33. The minimum atomic E-state index is -3.99. The van der Waals surface area contributed by atoms with Gasteiger partial charge in [-0.3, -0.25) is 4.79 Å². The summed E-state index contributed by atoms with van der Waals surface area (Å²) in [4.78, 5) is 12.6. The van der Waals surface area contributed by atoms with Gasteiger partial charge in [0.1, 0.15) is 17.7 Å². The summed E-state index contributed by atoms with van der Waals surface area (Å²) in [6, 6.07) is 7.24. The van der Waals surface area contributed by atoms with Gasteiger partial charge in [-0.25, -0.2) is 17.2 Å². The Kier molecular flexibility index (Phi) is 5.78. The second-order valence-corrected chi connectivity index (χ2v) is 8.52. The fourth-order valence-corrected chi connectivity index (χ4v) is 4.82. The summed E-state index contributed by atoms with van der Waals surface area (Å²) in [5.74, 6) is -1.89. The van der Waals surface area contributed by atoms with Crippen LogP contribution in [0, 0.1) is 11.6 Å². The SMILES string of the molecule is O=C(Nc1ccc(Cl)cc1F)[C@H]1CCCCN1S(=O)(=O)c1ccc(F)cc1. The van der Waals surface area contributed by atoms with Crippen LogP contribution >= 0.6 is 11.6 Å². The van der Waals surface area contributed by atoms with Crippen LogP contribution in [-0.4, -0.2) is 31.2 Å². The highest BCUT2D eigenvalue weighted by atomic mass is 35.5. The predicted octanol–water partition coefficient (Wildman–Crippen LogP) is 3.80. The molecule has 9 heteroatoms. The highest BCUT2D eigenvalue weighted by Gasteiger charge is 2.37. The third-order valence-electron chi connectivity index (χ3n) is 4.37. The van der Waals surface area contributed by atoms with E-state index in [1.165, 1.54) is 12.1 Å². The number of carbonyl (C=O) groups excluding carboxylic acids is 1. The monoisotopic (exact) mass is 414 g/mol. The zero-order valence-corrected chi connectivity index (χ0v) is 15.7. The number of nitrogens with zero attached hydrogens (tertiary/aromatic N) is 1. The summed E-state index contributed by atoms with van der Waals surface area (Å²) >= 11 is 5.70. The van der Waals surface area contributed by atoms with Gasteiger partial charge >= 0.3 is 0 Å². The van der Waals surface area contributed by atoms with Crippen molar-refractivity contribution in [1.82, 2.24) is 4.31 Å². The van der Waals surface area contributed by atoms with Gasteiger partial charge in [-0.1, -0.05) is 18.0 Å². The van der Waals surface area contributed by atoms with Gasteiger partial charge in [-0.05, 0) is 55.3 Å². The maximum absolute atomic E-state index is 13.9. The van der Waals surface area contributed by atoms with E-state index in [-0.39, 0.29) is 22.2 Å². The van der Waals surface area contributed by atoms with Crippen molar-refractivity contribution in [3.05, 3.63) is 59.1 Å². The van der Waals surface area contributed by atoms with Crippen LogP contribution in [0.25, 0.3) is 0 Å². The maximum Gasteiger partial charge on any atom is 0.243 e. The average molecular weight is 415 g/mol. The van der Waals surface area contributed by atoms with Gasteiger partial charge in [-0.2, -0.15) is 4.31 Å². The van der Waals surface area contributed by atoms with E-state index in [1.807, 2.05) is 0 Å². The van der Waals surface area contributed by atoms with Crippen LogP contribution in [0.3, 0.4) is 0 Å². The van der Waals surface area contributed by atoms with Crippen LogP contribution in [0.5, 0.6) is 0 Å². The van der Waals surface area contributed by atoms with Gasteiger partial charge in [0.15, 0.2) is 0 Å². The highest BCUT2D eigenvalue weighted by Crippen LogP contribution is 2.27. The van der Waals surface area contributed by atoms with Crippen molar-refractivity contribution in [1.29, 1.82) is 0 Å². The lowest BCUT2D eigenvalue weighted by Crippen LogP contribution is -2.49. The molecule has 0 radical (unpaired) electrons. The van der Waals surface area contributed by atoms with Crippen LogP contribution in [-0.2, 0) is 14.8 Å². The molecule has 1 aliphatic heterocycles. The fraction of sp³-hybridized carbons (Fsp3) is 0.278. The molecule has 0 aliphatic carbocycles. The molecule has 27 heavy (non-hydrogen) atoms. The first-order chi connectivity index (χ1) is 12.8. The van der Waals surface area contributed by atoms with Crippen LogP contribution < -0.4 is 5.32 Å². The minimum Gasteiger partial charge on any atom is -0.322 e. The molecule has 144 valence electrons. The second kappa shape index (κ2) is 7.92. The first-order valence-corrected chi connectivity index (χ1v) is 10.1. The van der Waals surface area contributed by atoms with Crippen molar-refractivity contribution in [2.24, 2.45) is 0 Å². The van der Waals surface area contributed by atoms with E-state index in [2.05, 4.69) is 5.32 Å². The number of hydrogen-bond acceptors (Lipinski definition) is 3. The molecule has 2 aromatic carbocycles. The first-order valence-electron chi connectivity index (χ1n) is 8.32. The van der Waals surface area contributed by atoms with Gasteiger partial charge < -0.3 is 5.32 Å². The lowest BCUT2D eigenvalue weighted by atomic mass is 10.0. The third kappa shape index (κ3) is 4.28. The quantitative estimate of drug-likeness (QED) is 0.827. The van der Waals surface area contributed by atoms with E-state index in [0.717, 1.165) is 34.6 Å². The number of nitrogens with one attached hydrogen (secondary N) is 1. The fourth-order valence-electron chi connectivity index (χ4n) is 3.00. The number of benzene rings is 2. The van der Waals surface area contributed by atoms with Crippen LogP contribution in [0.2, 0.25) is 5.02 Å². The minimum absolute atomic E-state index is 0.0749. The van der Waals surface area contributed by atoms with Crippen molar-refractivity contribution in [3.63, 3.8) is 0 Å². The molecule has 1 heterocycles. The number of rotatable bonds is 4. The van der Waals surface area contributed by atoms with Crippen molar-refractivity contribution in [2.45, 2.75) is 30.2 Å². The molecule has 3 rings (SSSR count). The highest BCUT2D eigenvalue weighted by molar-refractivity contribution is 7.89. The first kappa shape index (κ1) is 19.7. The zero-order valence-electron chi connectivity index (χ0n) is 14.2. The summed E-state index contributed by atoms with van der Waals surface area (Å²) in [5, 5.41) is 2.62. The normalized spacial score (nSPS) is 18.3. The Labute approximate surface area is 161 Å². The molecule has 1 N–H and O–H groups in total. The van der Waals surface area contributed by atoms with Crippen molar-refractivity contribution < 1.29 is 22.0 Å². The molecule has 5 nitrogen and oxygen atoms in total. The van der Waals surface area contributed by atoms with Crippen LogP contribution in [0.15, 0.2) is 47.4 Å². The maximum atomic E-state index is 13.9. The Morgan fingerprint density at radius 2 is 1.81 bits per heavy atom.